The molecule has 230 valence electrons. The second-order valence-electron chi connectivity index (χ2n) is 10.8. The zero-order valence-corrected chi connectivity index (χ0v) is 25.3. The van der Waals surface area contributed by atoms with Crippen molar-refractivity contribution in [3.8, 4) is 11.5 Å². The lowest BCUT2D eigenvalue weighted by molar-refractivity contribution is -0.125. The molecule has 2 aromatic heterocycles. The minimum absolute atomic E-state index is 0.0938. The third kappa shape index (κ3) is 6.02. The number of carbonyl (C=O) groups is 4. The molecule has 6 rings (SSSR count). The molecule has 5 amide bonds. The molecule has 2 aromatic carbocycles. The van der Waals surface area contributed by atoms with E-state index in [1.165, 1.54) is 30.5 Å². The molecule has 4 aromatic rings. The van der Waals surface area contributed by atoms with Gasteiger partial charge in [-0.3, -0.25) is 14.5 Å². The van der Waals surface area contributed by atoms with E-state index < -0.39 is 12.1 Å². The first-order valence-corrected chi connectivity index (χ1v) is 15.1. The van der Waals surface area contributed by atoms with Crippen LogP contribution in [-0.4, -0.2) is 76.6 Å². The largest absolute Gasteiger partial charge is 0.465 e. The highest BCUT2D eigenvalue weighted by molar-refractivity contribution is 7.21. The molecule has 1 saturated heterocycles. The van der Waals surface area contributed by atoms with E-state index in [0.717, 1.165) is 10.5 Å². The van der Waals surface area contributed by atoms with E-state index >= 15 is 0 Å². The summed E-state index contributed by atoms with van der Waals surface area (Å²) < 4.78 is 5.96. The van der Waals surface area contributed by atoms with Gasteiger partial charge in [-0.15, -0.1) is 11.3 Å². The maximum atomic E-state index is 13.6. The number of hydrogen-bond donors (Lipinski definition) is 3. The Morgan fingerprint density at radius 1 is 1.16 bits per heavy atom. The SMILES string of the molecule is Cc1cc(Oc2ccccc2)ccc1N1C(=O)Nc2c(C(=O)NC3CCN(C(=O)C=CCN(C)C(=O)O)C3)sc3nccc1c23. The molecule has 0 saturated carbocycles. The van der Waals surface area contributed by atoms with E-state index in [2.05, 4.69) is 15.6 Å². The molecule has 1 unspecified atom stereocenters. The van der Waals surface area contributed by atoms with Crippen molar-refractivity contribution in [2.75, 3.05) is 36.9 Å². The lowest BCUT2D eigenvalue weighted by Gasteiger charge is -2.29. The van der Waals surface area contributed by atoms with Crippen molar-refractivity contribution in [3.05, 3.63) is 83.4 Å². The van der Waals surface area contributed by atoms with Crippen LogP contribution in [0.15, 0.2) is 72.9 Å². The molecule has 0 bridgehead atoms. The number of rotatable bonds is 8. The van der Waals surface area contributed by atoms with Gasteiger partial charge >= 0.3 is 12.1 Å². The summed E-state index contributed by atoms with van der Waals surface area (Å²) in [6.07, 6.45) is 3.94. The quantitative estimate of drug-likeness (QED) is 0.217. The van der Waals surface area contributed by atoms with Gasteiger partial charge in [0.2, 0.25) is 5.91 Å². The molecule has 0 radical (unpaired) electrons. The molecular weight excluding hydrogens is 596 g/mol. The monoisotopic (exact) mass is 626 g/mol. The van der Waals surface area contributed by atoms with Crippen molar-refractivity contribution < 1.29 is 29.0 Å². The van der Waals surface area contributed by atoms with Crippen molar-refractivity contribution in [3.63, 3.8) is 0 Å². The fourth-order valence-corrected chi connectivity index (χ4v) is 6.40. The van der Waals surface area contributed by atoms with Gasteiger partial charge < -0.3 is 30.3 Å². The van der Waals surface area contributed by atoms with Crippen LogP contribution < -0.4 is 20.3 Å². The first-order valence-electron chi connectivity index (χ1n) is 14.3. The highest BCUT2D eigenvalue weighted by Gasteiger charge is 2.34. The van der Waals surface area contributed by atoms with Gasteiger partial charge in [-0.05, 0) is 55.3 Å². The van der Waals surface area contributed by atoms with Crippen LogP contribution in [0.3, 0.4) is 0 Å². The fourth-order valence-electron chi connectivity index (χ4n) is 5.37. The first-order chi connectivity index (χ1) is 21.7. The number of para-hydroxylation sites is 1. The normalized spacial score (nSPS) is 15.8. The number of pyridine rings is 1. The minimum Gasteiger partial charge on any atom is -0.465 e. The van der Waals surface area contributed by atoms with E-state index in [1.54, 1.807) is 22.1 Å². The number of hydrogen-bond acceptors (Lipinski definition) is 7. The molecule has 3 N–H and O–H groups in total. The van der Waals surface area contributed by atoms with Crippen molar-refractivity contribution >= 4 is 62.6 Å². The summed E-state index contributed by atoms with van der Waals surface area (Å²) in [5.41, 5.74) is 2.52. The Morgan fingerprint density at radius 3 is 2.71 bits per heavy atom. The molecule has 1 fully saturated rings. The number of nitrogens with one attached hydrogen (secondary N) is 2. The molecule has 4 heterocycles. The summed E-state index contributed by atoms with van der Waals surface area (Å²) in [4.78, 5) is 60.2. The number of carboxylic acid groups (broad SMARTS) is 1. The summed E-state index contributed by atoms with van der Waals surface area (Å²) in [6, 6.07) is 16.0. The zero-order valence-electron chi connectivity index (χ0n) is 24.5. The van der Waals surface area contributed by atoms with Gasteiger partial charge in [-0.1, -0.05) is 24.3 Å². The highest BCUT2D eigenvalue weighted by atomic mass is 32.1. The Hall–Kier alpha value is -5.43. The Labute approximate surface area is 262 Å². The van der Waals surface area contributed by atoms with Crippen LogP contribution in [0, 0.1) is 6.92 Å². The van der Waals surface area contributed by atoms with Gasteiger partial charge in [0.15, 0.2) is 0 Å². The van der Waals surface area contributed by atoms with Crippen LogP contribution in [0.1, 0.15) is 21.7 Å². The maximum Gasteiger partial charge on any atom is 0.407 e. The van der Waals surface area contributed by atoms with Crippen LogP contribution in [0.4, 0.5) is 26.7 Å². The molecule has 1 atom stereocenters. The first kappa shape index (κ1) is 29.6. The number of aromatic nitrogens is 1. The van der Waals surface area contributed by atoms with Crippen LogP contribution >= 0.6 is 11.3 Å². The number of benzene rings is 2. The van der Waals surface area contributed by atoms with Crippen LogP contribution in [0.5, 0.6) is 11.5 Å². The molecule has 0 aliphatic carbocycles. The number of thiophene rings is 1. The molecule has 0 spiro atoms. The van der Waals surface area contributed by atoms with Gasteiger partial charge in [0.1, 0.15) is 21.2 Å². The summed E-state index contributed by atoms with van der Waals surface area (Å²) in [5.74, 6) is 0.742. The lowest BCUT2D eigenvalue weighted by Crippen LogP contribution is -2.39. The van der Waals surface area contributed by atoms with Crippen molar-refractivity contribution in [2.45, 2.75) is 19.4 Å². The van der Waals surface area contributed by atoms with Crippen LogP contribution in [-0.2, 0) is 4.79 Å². The number of amides is 5. The third-order valence-corrected chi connectivity index (χ3v) is 8.74. The second kappa shape index (κ2) is 12.3. The van der Waals surface area contributed by atoms with Gasteiger partial charge in [0.05, 0.1) is 22.4 Å². The van der Waals surface area contributed by atoms with Gasteiger partial charge in [0, 0.05) is 45.0 Å². The van der Waals surface area contributed by atoms with E-state index in [1.807, 2.05) is 55.5 Å². The molecule has 12 nitrogen and oxygen atoms in total. The number of carbonyl (C=O) groups excluding carboxylic acids is 3. The van der Waals surface area contributed by atoms with Gasteiger partial charge in [0.25, 0.3) is 5.91 Å². The molecule has 13 heteroatoms. The third-order valence-electron chi connectivity index (χ3n) is 7.64. The Kier molecular flexibility index (Phi) is 8.09. The number of nitrogens with zero attached hydrogens (tertiary/aromatic N) is 4. The number of urea groups is 1. The Bertz CT molecular complexity index is 1840. The molecular formula is C32H30N6O6S. The van der Waals surface area contributed by atoms with Gasteiger partial charge in [-0.2, -0.15) is 0 Å². The summed E-state index contributed by atoms with van der Waals surface area (Å²) in [5, 5.41) is 15.5. The van der Waals surface area contributed by atoms with Crippen LogP contribution in [0.25, 0.3) is 10.2 Å². The van der Waals surface area contributed by atoms with E-state index in [4.69, 9.17) is 9.84 Å². The Balaban J connectivity index is 1.18. The minimum atomic E-state index is -1.08. The predicted molar refractivity (Wildman–Crippen MR) is 171 cm³/mol. The van der Waals surface area contributed by atoms with Crippen molar-refractivity contribution in [1.29, 1.82) is 0 Å². The molecule has 2 aliphatic rings. The smallest absolute Gasteiger partial charge is 0.407 e. The van der Waals surface area contributed by atoms with Crippen LogP contribution in [0.2, 0.25) is 0 Å². The van der Waals surface area contributed by atoms with E-state index in [0.29, 0.717) is 63.2 Å². The standard InChI is InChI=1S/C32H30N6O6S/c1-19-17-22(44-21-7-4-3-5-8-21)10-11-23(19)38-24-12-14-33-30-26(24)27(35-31(38)41)28(45-30)29(40)34-20-13-16-37(18-20)25(39)9-6-15-36(2)32(42)43/h3-12,14,17,20H,13,15-16,18H2,1-2H3,(H,34,40)(H,35,41)(H,42,43). The number of anilines is 3. The van der Waals surface area contributed by atoms with Crippen molar-refractivity contribution in [2.24, 2.45) is 0 Å². The summed E-state index contributed by atoms with van der Waals surface area (Å²) in [6.45, 7) is 2.77. The second-order valence-corrected chi connectivity index (χ2v) is 11.8. The topological polar surface area (TPSA) is 144 Å². The summed E-state index contributed by atoms with van der Waals surface area (Å²) in [7, 11) is 1.42. The highest BCUT2D eigenvalue weighted by Crippen LogP contribution is 2.46. The summed E-state index contributed by atoms with van der Waals surface area (Å²) >= 11 is 1.20. The fraction of sp³-hybridized carbons (Fsp3) is 0.219. The average Bonchev–Trinajstić information content (AvgIpc) is 3.64. The zero-order chi connectivity index (χ0) is 31.7. The maximum absolute atomic E-state index is 13.6. The van der Waals surface area contributed by atoms with Crippen molar-refractivity contribution in [1.82, 2.24) is 20.1 Å². The number of likely N-dealkylation sites (tertiary alicyclic amines) is 1. The number of likely N-dealkylation sites (N-methyl/N-ethyl adjacent to an activating group) is 1. The molecule has 45 heavy (non-hydrogen) atoms. The predicted octanol–water partition coefficient (Wildman–Crippen LogP) is 5.58. The average molecular weight is 627 g/mol. The number of aryl methyl sites for hydroxylation is 1. The number of ether oxygens (including phenoxy) is 1. The van der Waals surface area contributed by atoms with E-state index in [9.17, 15) is 19.2 Å². The Morgan fingerprint density at radius 2 is 1.96 bits per heavy atom. The van der Waals surface area contributed by atoms with E-state index in [-0.39, 0.29) is 24.4 Å². The lowest BCUT2D eigenvalue weighted by atomic mass is 10.1. The van der Waals surface area contributed by atoms with Gasteiger partial charge in [-0.25, -0.2) is 14.6 Å². The molecule has 2 aliphatic heterocycles.